The van der Waals surface area contributed by atoms with E-state index in [1.807, 2.05) is 0 Å². The minimum absolute atomic E-state index is 0.129. The maximum atomic E-state index is 11.0. The summed E-state index contributed by atoms with van der Waals surface area (Å²) in [6.45, 7) is 3.15. The van der Waals surface area contributed by atoms with Gasteiger partial charge in [0.25, 0.3) is 0 Å². The number of carboxylic acid groups (broad SMARTS) is 1. The Hall–Kier alpha value is -1.23. The third-order valence-corrected chi connectivity index (χ3v) is 1.28. The van der Waals surface area contributed by atoms with Gasteiger partial charge < -0.3 is 15.3 Å². The van der Waals surface area contributed by atoms with Gasteiger partial charge in [0.05, 0.1) is 6.54 Å². The molecule has 0 bridgehead atoms. The Bertz CT molecular complexity index is 230. The maximum absolute atomic E-state index is 11.0. The van der Waals surface area contributed by atoms with Gasteiger partial charge in [-0.3, -0.25) is 4.79 Å². The predicted octanol–water partition coefficient (Wildman–Crippen LogP) is 0.465. The highest BCUT2D eigenvalue weighted by atomic mass is 35.5. The number of nitrogens with zero attached hydrogens (tertiary/aromatic N) is 1. The number of hydrogen-bond acceptors (Lipinski definition) is 2. The molecule has 2 amide bonds. The van der Waals surface area contributed by atoms with Gasteiger partial charge in [-0.25, -0.2) is 4.79 Å². The molecule has 0 aliphatic rings. The Morgan fingerprint density at radius 1 is 1.62 bits per heavy atom. The number of aliphatic carboxylic acids is 1. The van der Waals surface area contributed by atoms with Crippen molar-refractivity contribution in [1.29, 1.82) is 0 Å². The van der Waals surface area contributed by atoms with Gasteiger partial charge in [-0.15, -0.1) is 0 Å². The molecule has 0 atom stereocenters. The number of urea groups is 1. The lowest BCUT2D eigenvalue weighted by molar-refractivity contribution is -0.137. The van der Waals surface area contributed by atoms with Gasteiger partial charge in [0.1, 0.15) is 6.54 Å². The van der Waals surface area contributed by atoms with Crippen LogP contribution in [-0.4, -0.2) is 42.1 Å². The van der Waals surface area contributed by atoms with E-state index in [1.165, 1.54) is 7.05 Å². The minimum atomic E-state index is -1.07. The number of nitrogens with one attached hydrogen (secondary N) is 1. The van der Waals surface area contributed by atoms with Crippen LogP contribution in [0.1, 0.15) is 0 Å². The summed E-state index contributed by atoms with van der Waals surface area (Å²) in [6.07, 6.45) is 0. The SMILES string of the molecule is C=C(Cl)CNC(=O)N(C)CC(=O)O. The molecule has 0 aromatic carbocycles. The molecule has 0 aromatic rings. The summed E-state index contributed by atoms with van der Waals surface area (Å²) in [7, 11) is 1.38. The van der Waals surface area contributed by atoms with Crippen LogP contribution in [0.2, 0.25) is 0 Å². The number of hydrogen-bond donors (Lipinski definition) is 2. The monoisotopic (exact) mass is 206 g/mol. The normalized spacial score (nSPS) is 9.08. The molecule has 5 nitrogen and oxygen atoms in total. The van der Waals surface area contributed by atoms with Crippen LogP contribution in [0.3, 0.4) is 0 Å². The van der Waals surface area contributed by atoms with Crippen molar-refractivity contribution in [2.24, 2.45) is 0 Å². The number of rotatable bonds is 4. The van der Waals surface area contributed by atoms with Crippen molar-refractivity contribution in [3.8, 4) is 0 Å². The average molecular weight is 207 g/mol. The molecule has 0 saturated carbocycles. The zero-order valence-corrected chi connectivity index (χ0v) is 7.97. The third kappa shape index (κ3) is 5.98. The van der Waals surface area contributed by atoms with E-state index in [0.717, 1.165) is 4.90 Å². The fraction of sp³-hybridized carbons (Fsp3) is 0.429. The van der Waals surface area contributed by atoms with Gasteiger partial charge in [0, 0.05) is 12.1 Å². The second kappa shape index (κ2) is 5.42. The van der Waals surface area contributed by atoms with E-state index in [1.54, 1.807) is 0 Å². The van der Waals surface area contributed by atoms with Gasteiger partial charge in [-0.2, -0.15) is 0 Å². The predicted molar refractivity (Wildman–Crippen MR) is 48.7 cm³/mol. The highest BCUT2D eigenvalue weighted by Gasteiger charge is 2.10. The first-order chi connectivity index (χ1) is 5.93. The van der Waals surface area contributed by atoms with E-state index in [2.05, 4.69) is 11.9 Å². The summed E-state index contributed by atoms with van der Waals surface area (Å²) < 4.78 is 0. The van der Waals surface area contributed by atoms with Crippen molar-refractivity contribution in [2.45, 2.75) is 0 Å². The Morgan fingerprint density at radius 2 is 2.15 bits per heavy atom. The van der Waals surface area contributed by atoms with Crippen molar-refractivity contribution in [1.82, 2.24) is 10.2 Å². The van der Waals surface area contributed by atoms with Crippen LogP contribution in [0, 0.1) is 0 Å². The molecular formula is C7H11ClN2O3. The molecule has 0 saturated heterocycles. The summed E-state index contributed by atoms with van der Waals surface area (Å²) in [5, 5.41) is 11.0. The quantitative estimate of drug-likeness (QED) is 0.702. The van der Waals surface area contributed by atoms with Crippen LogP contribution in [0.4, 0.5) is 4.79 Å². The fourth-order valence-corrected chi connectivity index (χ4v) is 0.648. The van der Waals surface area contributed by atoms with Crippen LogP contribution < -0.4 is 5.32 Å². The Kier molecular flexibility index (Phi) is 4.91. The highest BCUT2D eigenvalue weighted by Crippen LogP contribution is 1.93. The second-order valence-corrected chi connectivity index (χ2v) is 2.96. The largest absolute Gasteiger partial charge is 0.480 e. The zero-order chi connectivity index (χ0) is 10.4. The second-order valence-electron chi connectivity index (χ2n) is 2.43. The van der Waals surface area contributed by atoms with Crippen molar-refractivity contribution < 1.29 is 14.7 Å². The van der Waals surface area contributed by atoms with Gasteiger partial charge >= 0.3 is 12.0 Å². The first-order valence-corrected chi connectivity index (χ1v) is 3.85. The number of carbonyl (C=O) groups is 2. The number of likely N-dealkylation sites (N-methyl/N-ethyl adjacent to an activating group) is 1. The Balaban J connectivity index is 3.82. The van der Waals surface area contributed by atoms with Crippen LogP contribution >= 0.6 is 11.6 Å². The molecule has 0 heterocycles. The van der Waals surface area contributed by atoms with Gasteiger partial charge in [-0.05, 0) is 0 Å². The molecule has 0 unspecified atom stereocenters. The van der Waals surface area contributed by atoms with E-state index in [0.29, 0.717) is 0 Å². The van der Waals surface area contributed by atoms with E-state index >= 15 is 0 Å². The lowest BCUT2D eigenvalue weighted by Crippen LogP contribution is -2.40. The number of carboxylic acids is 1. The highest BCUT2D eigenvalue weighted by molar-refractivity contribution is 6.29. The molecular weight excluding hydrogens is 196 g/mol. The van der Waals surface area contributed by atoms with E-state index < -0.39 is 12.0 Å². The molecule has 0 spiro atoms. The Morgan fingerprint density at radius 3 is 2.54 bits per heavy atom. The minimum Gasteiger partial charge on any atom is -0.480 e. The molecule has 0 rings (SSSR count). The lowest BCUT2D eigenvalue weighted by atomic mass is 10.5. The Labute approximate surface area is 81.0 Å². The smallest absolute Gasteiger partial charge is 0.323 e. The van der Waals surface area contributed by atoms with Gasteiger partial charge in [-0.1, -0.05) is 18.2 Å². The van der Waals surface area contributed by atoms with Crippen LogP contribution in [0.25, 0.3) is 0 Å². The molecule has 74 valence electrons. The fourth-order valence-electron chi connectivity index (χ4n) is 0.581. The van der Waals surface area contributed by atoms with Crippen molar-refractivity contribution >= 4 is 23.6 Å². The van der Waals surface area contributed by atoms with Crippen molar-refractivity contribution in [3.05, 3.63) is 11.6 Å². The lowest BCUT2D eigenvalue weighted by Gasteiger charge is -2.14. The molecule has 0 aromatic heterocycles. The van der Waals surface area contributed by atoms with Gasteiger partial charge in [0.2, 0.25) is 0 Å². The zero-order valence-electron chi connectivity index (χ0n) is 7.21. The summed E-state index contributed by atoms with van der Waals surface area (Å²) in [6, 6.07) is -0.496. The molecule has 6 heteroatoms. The van der Waals surface area contributed by atoms with E-state index in [9.17, 15) is 9.59 Å². The van der Waals surface area contributed by atoms with Crippen LogP contribution in [-0.2, 0) is 4.79 Å². The van der Waals surface area contributed by atoms with Gasteiger partial charge in [0.15, 0.2) is 0 Å². The molecule has 13 heavy (non-hydrogen) atoms. The van der Waals surface area contributed by atoms with Crippen molar-refractivity contribution in [2.75, 3.05) is 20.1 Å². The summed E-state index contributed by atoms with van der Waals surface area (Å²) in [5.74, 6) is -1.07. The maximum Gasteiger partial charge on any atom is 0.323 e. The van der Waals surface area contributed by atoms with Crippen LogP contribution in [0.5, 0.6) is 0 Å². The van der Waals surface area contributed by atoms with Crippen molar-refractivity contribution in [3.63, 3.8) is 0 Å². The molecule has 0 aliphatic heterocycles. The first kappa shape index (κ1) is 11.8. The first-order valence-electron chi connectivity index (χ1n) is 3.47. The third-order valence-electron chi connectivity index (χ3n) is 1.15. The number of halogens is 1. The van der Waals surface area contributed by atoms with Crippen LogP contribution in [0.15, 0.2) is 11.6 Å². The standard InChI is InChI=1S/C7H11ClN2O3/c1-5(8)3-9-7(13)10(2)4-6(11)12/h1,3-4H2,2H3,(H,9,13)(H,11,12). The number of carbonyl (C=O) groups excluding carboxylic acids is 1. The summed E-state index contributed by atoms with van der Waals surface area (Å²) in [5.41, 5.74) is 0. The van der Waals surface area contributed by atoms with E-state index in [-0.39, 0.29) is 18.1 Å². The molecule has 0 fully saturated rings. The average Bonchev–Trinajstić information content (AvgIpc) is 1.98. The molecule has 0 aliphatic carbocycles. The van der Waals surface area contributed by atoms with E-state index in [4.69, 9.17) is 16.7 Å². The summed E-state index contributed by atoms with van der Waals surface area (Å²) >= 11 is 5.39. The topological polar surface area (TPSA) is 69.6 Å². The summed E-state index contributed by atoms with van der Waals surface area (Å²) in [4.78, 5) is 22.3. The molecule has 2 N–H and O–H groups in total. The molecule has 0 radical (unpaired) electrons. The number of amides is 2.